The average Bonchev–Trinajstić information content (AvgIpc) is 3.52. The zero-order valence-electron chi connectivity index (χ0n) is 15.3. The van der Waals surface area contributed by atoms with Crippen molar-refractivity contribution in [1.82, 2.24) is 34.5 Å². The van der Waals surface area contributed by atoms with Gasteiger partial charge in [-0.05, 0) is 25.0 Å². The first-order chi connectivity index (χ1) is 13.8. The zero-order chi connectivity index (χ0) is 18.9. The van der Waals surface area contributed by atoms with Gasteiger partial charge in [0.15, 0.2) is 0 Å². The van der Waals surface area contributed by atoms with Gasteiger partial charge < -0.3 is 9.80 Å². The lowest BCUT2D eigenvalue weighted by atomic mass is 10.2. The summed E-state index contributed by atoms with van der Waals surface area (Å²) in [5.74, 6) is 1.66. The second-order valence-corrected chi connectivity index (χ2v) is 7.18. The summed E-state index contributed by atoms with van der Waals surface area (Å²) < 4.78 is 3.80. The molecule has 3 aromatic heterocycles. The van der Waals surface area contributed by atoms with Crippen LogP contribution in [-0.4, -0.2) is 60.7 Å². The fourth-order valence-corrected chi connectivity index (χ4v) is 4.07. The summed E-state index contributed by atoms with van der Waals surface area (Å²) in [6, 6.07) is 6.66. The number of anilines is 2. The lowest BCUT2D eigenvalue weighted by Gasteiger charge is -2.23. The van der Waals surface area contributed by atoms with Gasteiger partial charge in [0.05, 0.1) is 17.6 Å². The second kappa shape index (κ2) is 6.92. The van der Waals surface area contributed by atoms with Crippen LogP contribution in [0.5, 0.6) is 0 Å². The highest BCUT2D eigenvalue weighted by Gasteiger charge is 2.29. The molecule has 0 spiro atoms. The van der Waals surface area contributed by atoms with Gasteiger partial charge in [0, 0.05) is 26.2 Å². The molecule has 0 aromatic carbocycles. The van der Waals surface area contributed by atoms with E-state index < -0.39 is 0 Å². The number of pyridine rings is 1. The molecular formula is C18H20N10. The minimum atomic E-state index is 0.253. The van der Waals surface area contributed by atoms with Gasteiger partial charge in [-0.1, -0.05) is 0 Å². The van der Waals surface area contributed by atoms with E-state index in [2.05, 4.69) is 36.0 Å². The highest BCUT2D eigenvalue weighted by molar-refractivity contribution is 5.59. The highest BCUT2D eigenvalue weighted by atomic mass is 15.4. The first-order valence-electron chi connectivity index (χ1n) is 9.41. The van der Waals surface area contributed by atoms with E-state index in [-0.39, 0.29) is 6.04 Å². The molecule has 28 heavy (non-hydrogen) atoms. The molecule has 0 aliphatic carbocycles. The van der Waals surface area contributed by atoms with Crippen LogP contribution in [0.25, 0.3) is 0 Å². The molecule has 2 unspecified atom stereocenters. The standard InChI is InChI=1S/C18H20N10/c19-7-14-1-2-17(25-5-3-15(8-25)27-12-20-10-22-27)24-18(14)26-6-4-16(9-26)28-13-21-11-23-28/h1-2,10-13,15-16H,3-6,8-9H2. The first kappa shape index (κ1) is 16.7. The first-order valence-corrected chi connectivity index (χ1v) is 9.41. The fraction of sp³-hybridized carbons (Fsp3) is 0.444. The van der Waals surface area contributed by atoms with Crippen LogP contribution in [0.2, 0.25) is 0 Å². The molecule has 0 bridgehead atoms. The molecule has 2 atom stereocenters. The molecule has 3 aromatic rings. The van der Waals surface area contributed by atoms with E-state index in [0.717, 1.165) is 50.7 Å². The SMILES string of the molecule is N#Cc1ccc(N2CCC(n3cncn3)C2)nc1N1CCC(n2cncn2)C1. The van der Waals surface area contributed by atoms with Gasteiger partial charge in [-0.25, -0.2) is 24.3 Å². The van der Waals surface area contributed by atoms with Gasteiger partial charge >= 0.3 is 0 Å². The maximum atomic E-state index is 9.58. The quantitative estimate of drug-likeness (QED) is 0.665. The smallest absolute Gasteiger partial charge is 0.149 e. The molecule has 2 aliphatic rings. The largest absolute Gasteiger partial charge is 0.354 e. The van der Waals surface area contributed by atoms with E-state index in [0.29, 0.717) is 11.6 Å². The Bertz CT molecular complexity index is 974. The second-order valence-electron chi connectivity index (χ2n) is 7.18. The monoisotopic (exact) mass is 376 g/mol. The van der Waals surface area contributed by atoms with Crippen molar-refractivity contribution in [1.29, 1.82) is 5.26 Å². The van der Waals surface area contributed by atoms with Gasteiger partial charge in [-0.2, -0.15) is 15.5 Å². The molecule has 2 aliphatic heterocycles. The van der Waals surface area contributed by atoms with Gasteiger partial charge in [-0.3, -0.25) is 0 Å². The van der Waals surface area contributed by atoms with Gasteiger partial charge in [-0.15, -0.1) is 0 Å². The third-order valence-corrected chi connectivity index (χ3v) is 5.55. The van der Waals surface area contributed by atoms with E-state index in [1.165, 1.54) is 0 Å². The Labute approximate surface area is 162 Å². The van der Waals surface area contributed by atoms with Crippen LogP contribution >= 0.6 is 0 Å². The number of aromatic nitrogens is 7. The van der Waals surface area contributed by atoms with Crippen molar-refractivity contribution in [3.63, 3.8) is 0 Å². The van der Waals surface area contributed by atoms with Crippen LogP contribution in [0.4, 0.5) is 11.6 Å². The van der Waals surface area contributed by atoms with Crippen molar-refractivity contribution in [3.05, 3.63) is 43.0 Å². The Hall–Kier alpha value is -3.48. The van der Waals surface area contributed by atoms with Crippen LogP contribution < -0.4 is 9.80 Å². The summed E-state index contributed by atoms with van der Waals surface area (Å²) in [6.07, 6.45) is 8.59. The van der Waals surface area contributed by atoms with Crippen LogP contribution in [0.1, 0.15) is 30.5 Å². The Morgan fingerprint density at radius 2 is 1.54 bits per heavy atom. The minimum Gasteiger partial charge on any atom is -0.354 e. The number of nitrogens with zero attached hydrogens (tertiary/aromatic N) is 10. The van der Waals surface area contributed by atoms with Crippen LogP contribution in [0.15, 0.2) is 37.4 Å². The predicted molar refractivity (Wildman–Crippen MR) is 101 cm³/mol. The lowest BCUT2D eigenvalue weighted by Crippen LogP contribution is -2.26. The summed E-state index contributed by atoms with van der Waals surface area (Å²) in [7, 11) is 0. The minimum absolute atomic E-state index is 0.253. The normalized spacial score (nSPS) is 22.0. The molecule has 0 saturated carbocycles. The molecule has 0 N–H and O–H groups in total. The van der Waals surface area contributed by atoms with Gasteiger partial charge in [0.1, 0.15) is 43.0 Å². The van der Waals surface area contributed by atoms with Crippen molar-refractivity contribution < 1.29 is 0 Å². The van der Waals surface area contributed by atoms with E-state index in [9.17, 15) is 5.26 Å². The summed E-state index contributed by atoms with van der Waals surface area (Å²) in [4.78, 5) is 17.4. The average molecular weight is 376 g/mol. The molecule has 5 heterocycles. The molecule has 10 nitrogen and oxygen atoms in total. The Morgan fingerprint density at radius 1 is 0.893 bits per heavy atom. The van der Waals surface area contributed by atoms with E-state index in [1.807, 2.05) is 21.5 Å². The molecule has 5 rings (SSSR count). The highest BCUT2D eigenvalue weighted by Crippen LogP contribution is 2.31. The summed E-state index contributed by atoms with van der Waals surface area (Å²) in [6.45, 7) is 3.36. The van der Waals surface area contributed by atoms with Crippen molar-refractivity contribution in [2.45, 2.75) is 24.9 Å². The third kappa shape index (κ3) is 2.94. The Morgan fingerprint density at radius 3 is 2.14 bits per heavy atom. The Kier molecular flexibility index (Phi) is 4.12. The van der Waals surface area contributed by atoms with Crippen LogP contribution in [0, 0.1) is 11.3 Å². The maximum absolute atomic E-state index is 9.58. The van der Waals surface area contributed by atoms with Gasteiger partial charge in [0.25, 0.3) is 0 Å². The molecular weight excluding hydrogens is 356 g/mol. The van der Waals surface area contributed by atoms with Crippen LogP contribution in [0.3, 0.4) is 0 Å². The van der Waals surface area contributed by atoms with Crippen molar-refractivity contribution in [2.75, 3.05) is 36.0 Å². The topological polar surface area (TPSA) is 105 Å². The lowest BCUT2D eigenvalue weighted by molar-refractivity contribution is 0.493. The van der Waals surface area contributed by atoms with Crippen molar-refractivity contribution in [3.8, 4) is 6.07 Å². The number of rotatable bonds is 4. The summed E-state index contributed by atoms with van der Waals surface area (Å²) in [5.41, 5.74) is 0.606. The fourth-order valence-electron chi connectivity index (χ4n) is 4.07. The molecule has 0 amide bonds. The van der Waals surface area contributed by atoms with Crippen molar-refractivity contribution >= 4 is 11.6 Å². The Balaban J connectivity index is 1.37. The molecule has 142 valence electrons. The molecule has 0 radical (unpaired) electrons. The summed E-state index contributed by atoms with van der Waals surface area (Å²) in [5, 5.41) is 18.1. The van der Waals surface area contributed by atoms with E-state index in [4.69, 9.17) is 4.98 Å². The van der Waals surface area contributed by atoms with Crippen molar-refractivity contribution in [2.24, 2.45) is 0 Å². The zero-order valence-corrected chi connectivity index (χ0v) is 15.3. The van der Waals surface area contributed by atoms with Crippen LogP contribution in [-0.2, 0) is 0 Å². The molecule has 2 saturated heterocycles. The van der Waals surface area contributed by atoms with E-state index in [1.54, 1.807) is 25.3 Å². The molecule has 10 heteroatoms. The maximum Gasteiger partial charge on any atom is 0.149 e. The predicted octanol–water partition coefficient (Wildman–Crippen LogP) is 1.04. The van der Waals surface area contributed by atoms with E-state index >= 15 is 0 Å². The number of hydrogen-bond donors (Lipinski definition) is 0. The number of hydrogen-bond acceptors (Lipinski definition) is 8. The molecule has 2 fully saturated rings. The number of nitriles is 1. The third-order valence-electron chi connectivity index (χ3n) is 5.55. The summed E-state index contributed by atoms with van der Waals surface area (Å²) >= 11 is 0. The van der Waals surface area contributed by atoms with Gasteiger partial charge in [0.2, 0.25) is 0 Å².